The molecule has 0 spiro atoms. The first kappa shape index (κ1) is 11.6. The number of rotatable bonds is 4. The fourth-order valence-corrected chi connectivity index (χ4v) is 1.30. The number of isocyanates is 1. The predicted molar refractivity (Wildman–Crippen MR) is 53.9 cm³/mol. The fourth-order valence-electron chi connectivity index (χ4n) is 0.962. The minimum atomic E-state index is -3.49. The molecule has 0 aliphatic carbocycles. The van der Waals surface area contributed by atoms with Crippen LogP contribution in [0.15, 0.2) is 29.3 Å². The first-order chi connectivity index (χ1) is 7.03. The third-order valence-corrected chi connectivity index (χ3v) is 2.13. The summed E-state index contributed by atoms with van der Waals surface area (Å²) in [6.45, 7) is -0.139. The molecule has 0 N–H and O–H groups in total. The quantitative estimate of drug-likeness (QED) is 0.439. The van der Waals surface area contributed by atoms with Gasteiger partial charge in [-0.2, -0.15) is 13.4 Å². The zero-order valence-corrected chi connectivity index (χ0v) is 8.82. The predicted octanol–water partition coefficient (Wildman–Crippen LogP) is 1.13. The van der Waals surface area contributed by atoms with Crippen molar-refractivity contribution in [3.8, 4) is 0 Å². The summed E-state index contributed by atoms with van der Waals surface area (Å²) in [5.41, 5.74) is 0.877. The van der Waals surface area contributed by atoms with Crippen molar-refractivity contribution in [3.05, 3.63) is 29.8 Å². The molecule has 0 fully saturated rings. The normalized spacial score (nSPS) is 10.7. The SMILES string of the molecule is CS(=O)(=O)OCc1ccccc1N=C=O. The van der Waals surface area contributed by atoms with Crippen LogP contribution in [0.3, 0.4) is 0 Å². The molecule has 0 radical (unpaired) electrons. The van der Waals surface area contributed by atoms with E-state index in [1.54, 1.807) is 24.3 Å². The first-order valence-corrected chi connectivity index (χ1v) is 5.85. The third kappa shape index (κ3) is 4.03. The van der Waals surface area contributed by atoms with Gasteiger partial charge in [-0.05, 0) is 6.07 Å². The van der Waals surface area contributed by atoms with Gasteiger partial charge in [0.2, 0.25) is 6.08 Å². The van der Waals surface area contributed by atoms with Gasteiger partial charge in [-0.15, -0.1) is 0 Å². The van der Waals surface area contributed by atoms with Crippen LogP contribution in [-0.4, -0.2) is 20.8 Å². The molecule has 0 saturated heterocycles. The average molecular weight is 227 g/mol. The molecule has 1 aromatic carbocycles. The highest BCUT2D eigenvalue weighted by molar-refractivity contribution is 7.85. The summed E-state index contributed by atoms with van der Waals surface area (Å²) in [6.07, 6.45) is 2.35. The molecular formula is C9H9NO4S. The van der Waals surface area contributed by atoms with Crippen LogP contribution in [0.5, 0.6) is 0 Å². The molecule has 6 heteroatoms. The fraction of sp³-hybridized carbons (Fsp3) is 0.222. The van der Waals surface area contributed by atoms with Crippen molar-refractivity contribution in [3.63, 3.8) is 0 Å². The van der Waals surface area contributed by atoms with E-state index in [1.807, 2.05) is 0 Å². The third-order valence-electron chi connectivity index (χ3n) is 1.59. The topological polar surface area (TPSA) is 72.8 Å². The van der Waals surface area contributed by atoms with Gasteiger partial charge in [-0.3, -0.25) is 4.18 Å². The molecule has 0 aliphatic heterocycles. The number of nitrogens with zero attached hydrogens (tertiary/aromatic N) is 1. The van der Waals surface area contributed by atoms with Gasteiger partial charge >= 0.3 is 0 Å². The Labute approximate surface area is 87.5 Å². The van der Waals surface area contributed by atoms with Gasteiger partial charge in [0.25, 0.3) is 10.1 Å². The van der Waals surface area contributed by atoms with Gasteiger partial charge in [-0.25, -0.2) is 4.79 Å². The second-order valence-electron chi connectivity index (χ2n) is 2.80. The lowest BCUT2D eigenvalue weighted by Gasteiger charge is -2.03. The Balaban J connectivity index is 2.89. The molecule has 15 heavy (non-hydrogen) atoms. The number of hydrogen-bond donors (Lipinski definition) is 0. The molecule has 0 aliphatic rings. The molecule has 0 heterocycles. The zero-order valence-electron chi connectivity index (χ0n) is 8.00. The van der Waals surface area contributed by atoms with Crippen LogP contribution < -0.4 is 0 Å². The second-order valence-corrected chi connectivity index (χ2v) is 4.44. The molecule has 0 atom stereocenters. The molecule has 80 valence electrons. The van der Waals surface area contributed by atoms with E-state index in [1.165, 1.54) is 6.08 Å². The van der Waals surface area contributed by atoms with Crippen LogP contribution >= 0.6 is 0 Å². The van der Waals surface area contributed by atoms with Gasteiger partial charge in [0.1, 0.15) is 0 Å². The van der Waals surface area contributed by atoms with Crippen molar-refractivity contribution >= 4 is 21.9 Å². The lowest BCUT2D eigenvalue weighted by molar-refractivity contribution is 0.312. The monoisotopic (exact) mass is 227 g/mol. The number of aliphatic imine (C=N–C) groups is 1. The van der Waals surface area contributed by atoms with Gasteiger partial charge in [0, 0.05) is 5.56 Å². The van der Waals surface area contributed by atoms with Crippen molar-refractivity contribution in [2.24, 2.45) is 4.99 Å². The van der Waals surface area contributed by atoms with Crippen molar-refractivity contribution in [1.29, 1.82) is 0 Å². The van der Waals surface area contributed by atoms with E-state index in [9.17, 15) is 13.2 Å². The summed E-state index contributed by atoms with van der Waals surface area (Å²) in [7, 11) is -3.49. The minimum absolute atomic E-state index is 0.139. The summed E-state index contributed by atoms with van der Waals surface area (Å²) in [4.78, 5) is 13.5. The summed E-state index contributed by atoms with van der Waals surface area (Å²) in [6, 6.07) is 6.58. The van der Waals surface area contributed by atoms with Crippen molar-refractivity contribution < 1.29 is 17.4 Å². The summed E-state index contributed by atoms with van der Waals surface area (Å²) < 4.78 is 26.1. The Kier molecular flexibility index (Phi) is 3.74. The van der Waals surface area contributed by atoms with E-state index >= 15 is 0 Å². The maximum atomic E-state index is 10.7. The summed E-state index contributed by atoms with van der Waals surface area (Å²) in [5, 5.41) is 0. The smallest absolute Gasteiger partial charge is 0.264 e. The van der Waals surface area contributed by atoms with Gasteiger partial charge in [0.05, 0.1) is 18.6 Å². The van der Waals surface area contributed by atoms with Crippen molar-refractivity contribution in [2.45, 2.75) is 6.61 Å². The first-order valence-electron chi connectivity index (χ1n) is 4.03. The highest BCUT2D eigenvalue weighted by Gasteiger charge is 2.05. The van der Waals surface area contributed by atoms with Crippen LogP contribution in [0.25, 0.3) is 0 Å². The van der Waals surface area contributed by atoms with E-state index in [0.29, 0.717) is 11.3 Å². The molecule has 1 aromatic rings. The number of hydrogen-bond acceptors (Lipinski definition) is 5. The van der Waals surface area contributed by atoms with Crippen LogP contribution in [0.4, 0.5) is 5.69 Å². The van der Waals surface area contributed by atoms with Crippen LogP contribution in [0, 0.1) is 0 Å². The van der Waals surface area contributed by atoms with E-state index in [0.717, 1.165) is 6.26 Å². The highest BCUT2D eigenvalue weighted by Crippen LogP contribution is 2.19. The second kappa shape index (κ2) is 4.84. The van der Waals surface area contributed by atoms with Crippen molar-refractivity contribution in [1.82, 2.24) is 0 Å². The zero-order chi connectivity index (χ0) is 11.3. The standard InChI is InChI=1S/C9H9NO4S/c1-15(12,13)14-6-8-4-2-3-5-9(8)10-7-11/h2-5H,6H2,1H3. The number of benzene rings is 1. The lowest BCUT2D eigenvalue weighted by atomic mass is 10.2. The Morgan fingerprint density at radius 2 is 2.07 bits per heavy atom. The van der Waals surface area contributed by atoms with Gasteiger partial charge < -0.3 is 0 Å². The molecule has 5 nitrogen and oxygen atoms in total. The maximum Gasteiger partial charge on any atom is 0.264 e. The number of carbonyl (C=O) groups excluding carboxylic acids is 1. The Morgan fingerprint density at radius 1 is 1.40 bits per heavy atom. The van der Waals surface area contributed by atoms with E-state index < -0.39 is 10.1 Å². The molecule has 0 aromatic heterocycles. The molecule has 0 unspecified atom stereocenters. The van der Waals surface area contributed by atoms with Crippen LogP contribution in [-0.2, 0) is 25.7 Å². The van der Waals surface area contributed by atoms with E-state index in [2.05, 4.69) is 9.18 Å². The molecule has 0 saturated carbocycles. The molecule has 0 amide bonds. The summed E-state index contributed by atoms with van der Waals surface area (Å²) in [5.74, 6) is 0. The largest absolute Gasteiger partial charge is 0.265 e. The maximum absolute atomic E-state index is 10.7. The summed E-state index contributed by atoms with van der Waals surface area (Å²) >= 11 is 0. The van der Waals surface area contributed by atoms with E-state index in [4.69, 9.17) is 0 Å². The van der Waals surface area contributed by atoms with Crippen LogP contribution in [0.1, 0.15) is 5.56 Å². The number of para-hydroxylation sites is 1. The van der Waals surface area contributed by atoms with Gasteiger partial charge in [0.15, 0.2) is 0 Å². The average Bonchev–Trinajstić information content (AvgIpc) is 2.16. The van der Waals surface area contributed by atoms with Gasteiger partial charge in [-0.1, -0.05) is 18.2 Å². The minimum Gasteiger partial charge on any atom is -0.265 e. The Bertz CT molecular complexity index is 489. The van der Waals surface area contributed by atoms with E-state index in [-0.39, 0.29) is 6.61 Å². The van der Waals surface area contributed by atoms with Crippen molar-refractivity contribution in [2.75, 3.05) is 6.26 Å². The lowest BCUT2D eigenvalue weighted by Crippen LogP contribution is -2.02. The Morgan fingerprint density at radius 3 is 2.67 bits per heavy atom. The molecule has 1 rings (SSSR count). The Hall–Kier alpha value is -1.49. The molecular weight excluding hydrogens is 218 g/mol. The highest BCUT2D eigenvalue weighted by atomic mass is 32.2. The van der Waals surface area contributed by atoms with Crippen LogP contribution in [0.2, 0.25) is 0 Å². The molecule has 0 bridgehead atoms.